The van der Waals surface area contributed by atoms with Crippen LogP contribution in [-0.4, -0.2) is 17.3 Å². The van der Waals surface area contributed by atoms with E-state index in [1.165, 1.54) is 0 Å². The second-order valence-electron chi connectivity index (χ2n) is 3.54. The number of rotatable bonds is 2. The number of aliphatic hydroxyl groups is 1. The van der Waals surface area contributed by atoms with Crippen LogP contribution in [0.5, 0.6) is 0 Å². The lowest BCUT2D eigenvalue weighted by Gasteiger charge is -2.10. The third-order valence-electron chi connectivity index (χ3n) is 2.56. The van der Waals surface area contributed by atoms with Gasteiger partial charge in [0.15, 0.2) is 0 Å². The molecule has 0 saturated carbocycles. The highest BCUT2D eigenvalue weighted by Crippen LogP contribution is 2.32. The highest BCUT2D eigenvalue weighted by atomic mass is 16.5. The first kappa shape index (κ1) is 9.44. The molecule has 1 N–H and O–H groups in total. The van der Waals surface area contributed by atoms with Crippen LogP contribution < -0.4 is 0 Å². The summed E-state index contributed by atoms with van der Waals surface area (Å²) in [7, 11) is 0. The molecule has 1 aliphatic rings. The average Bonchev–Trinajstić information content (AvgIpc) is 2.61. The molecule has 1 saturated heterocycles. The van der Waals surface area contributed by atoms with Crippen molar-refractivity contribution in [2.24, 2.45) is 0 Å². The lowest BCUT2D eigenvalue weighted by Crippen LogP contribution is -2.16. The standard InChI is InChI=1S/C12H14O2/c1-2-11-10(13)8-12(14-11)9-6-4-3-5-7-9/h2-7,10-13H,1,8H2/t10-,11+,12-/m1/s1. The third-order valence-corrected chi connectivity index (χ3v) is 2.56. The fourth-order valence-corrected chi connectivity index (χ4v) is 1.78. The molecule has 0 radical (unpaired) electrons. The SMILES string of the molecule is C=C[C@@H]1O[C@@H](c2ccccc2)C[C@H]1O. The van der Waals surface area contributed by atoms with Gasteiger partial charge in [0.05, 0.1) is 12.2 Å². The lowest BCUT2D eigenvalue weighted by atomic mass is 10.0. The topological polar surface area (TPSA) is 29.5 Å². The van der Waals surface area contributed by atoms with Gasteiger partial charge in [-0.15, -0.1) is 6.58 Å². The van der Waals surface area contributed by atoms with Crippen LogP contribution in [0, 0.1) is 0 Å². The summed E-state index contributed by atoms with van der Waals surface area (Å²) in [6, 6.07) is 9.96. The quantitative estimate of drug-likeness (QED) is 0.723. The predicted molar refractivity (Wildman–Crippen MR) is 54.9 cm³/mol. The van der Waals surface area contributed by atoms with E-state index in [0.29, 0.717) is 6.42 Å². The first-order valence-electron chi connectivity index (χ1n) is 4.82. The molecule has 0 unspecified atom stereocenters. The molecule has 0 spiro atoms. The molecule has 0 aromatic heterocycles. The Kier molecular flexibility index (Phi) is 2.66. The molecule has 0 bridgehead atoms. The maximum absolute atomic E-state index is 9.62. The van der Waals surface area contributed by atoms with E-state index in [1.54, 1.807) is 6.08 Å². The summed E-state index contributed by atoms with van der Waals surface area (Å²) in [6.07, 6.45) is 1.68. The van der Waals surface area contributed by atoms with Gasteiger partial charge in [-0.25, -0.2) is 0 Å². The molecule has 0 aliphatic carbocycles. The fourth-order valence-electron chi connectivity index (χ4n) is 1.78. The van der Waals surface area contributed by atoms with E-state index < -0.39 is 6.10 Å². The Morgan fingerprint density at radius 2 is 2.07 bits per heavy atom. The van der Waals surface area contributed by atoms with Gasteiger partial charge in [-0.05, 0) is 5.56 Å². The average molecular weight is 190 g/mol. The number of hydrogen-bond acceptors (Lipinski definition) is 2. The normalized spacial score (nSPS) is 31.6. The summed E-state index contributed by atoms with van der Waals surface area (Å²) < 4.78 is 5.64. The van der Waals surface area contributed by atoms with Gasteiger partial charge in [-0.1, -0.05) is 36.4 Å². The van der Waals surface area contributed by atoms with Crippen molar-refractivity contribution in [2.45, 2.75) is 24.7 Å². The van der Waals surface area contributed by atoms with Gasteiger partial charge >= 0.3 is 0 Å². The molecule has 1 aromatic rings. The summed E-state index contributed by atoms with van der Waals surface area (Å²) in [5.41, 5.74) is 1.12. The van der Waals surface area contributed by atoms with Gasteiger partial charge in [0.25, 0.3) is 0 Å². The maximum Gasteiger partial charge on any atom is 0.102 e. The smallest absolute Gasteiger partial charge is 0.102 e. The summed E-state index contributed by atoms with van der Waals surface area (Å²) in [4.78, 5) is 0. The Hall–Kier alpha value is -1.12. The van der Waals surface area contributed by atoms with Crippen LogP contribution in [0.2, 0.25) is 0 Å². The first-order chi connectivity index (χ1) is 6.81. The van der Waals surface area contributed by atoms with Crippen LogP contribution in [0.4, 0.5) is 0 Å². The van der Waals surface area contributed by atoms with Crippen molar-refractivity contribution in [3.05, 3.63) is 48.6 Å². The van der Waals surface area contributed by atoms with Gasteiger partial charge in [-0.3, -0.25) is 0 Å². The van der Waals surface area contributed by atoms with E-state index in [2.05, 4.69) is 6.58 Å². The molecule has 2 heteroatoms. The summed E-state index contributed by atoms with van der Waals surface area (Å²) in [5, 5.41) is 9.62. The second kappa shape index (κ2) is 3.95. The fraction of sp³-hybridized carbons (Fsp3) is 0.333. The summed E-state index contributed by atoms with van der Waals surface area (Å²) in [6.45, 7) is 3.64. The van der Waals surface area contributed by atoms with Crippen molar-refractivity contribution in [3.8, 4) is 0 Å². The number of aliphatic hydroxyl groups excluding tert-OH is 1. The zero-order chi connectivity index (χ0) is 9.97. The lowest BCUT2D eigenvalue weighted by molar-refractivity contribution is 0.0398. The van der Waals surface area contributed by atoms with Crippen molar-refractivity contribution in [1.29, 1.82) is 0 Å². The molecule has 3 atom stereocenters. The highest BCUT2D eigenvalue weighted by Gasteiger charge is 2.32. The number of hydrogen-bond donors (Lipinski definition) is 1. The number of ether oxygens (including phenoxy) is 1. The molecule has 2 rings (SSSR count). The van der Waals surface area contributed by atoms with Gasteiger partial charge in [0.2, 0.25) is 0 Å². The van der Waals surface area contributed by atoms with Crippen LogP contribution in [0.3, 0.4) is 0 Å². The van der Waals surface area contributed by atoms with E-state index in [1.807, 2.05) is 30.3 Å². The highest BCUT2D eigenvalue weighted by molar-refractivity contribution is 5.19. The largest absolute Gasteiger partial charge is 0.390 e. The Labute approximate surface area is 83.8 Å². The van der Waals surface area contributed by atoms with Crippen molar-refractivity contribution in [1.82, 2.24) is 0 Å². The van der Waals surface area contributed by atoms with E-state index >= 15 is 0 Å². The minimum atomic E-state index is -0.419. The zero-order valence-electron chi connectivity index (χ0n) is 7.97. The molecule has 2 nitrogen and oxygen atoms in total. The van der Waals surface area contributed by atoms with Crippen molar-refractivity contribution >= 4 is 0 Å². The second-order valence-corrected chi connectivity index (χ2v) is 3.54. The molecular weight excluding hydrogens is 176 g/mol. The molecule has 0 amide bonds. The summed E-state index contributed by atoms with van der Waals surface area (Å²) in [5.74, 6) is 0. The van der Waals surface area contributed by atoms with Gasteiger partial charge in [0.1, 0.15) is 6.10 Å². The van der Waals surface area contributed by atoms with Crippen LogP contribution in [0.25, 0.3) is 0 Å². The maximum atomic E-state index is 9.62. The van der Waals surface area contributed by atoms with Gasteiger partial charge in [-0.2, -0.15) is 0 Å². The monoisotopic (exact) mass is 190 g/mol. The Morgan fingerprint density at radius 3 is 2.64 bits per heavy atom. The van der Waals surface area contributed by atoms with Crippen molar-refractivity contribution in [3.63, 3.8) is 0 Å². The number of benzene rings is 1. The third kappa shape index (κ3) is 1.72. The molecule has 14 heavy (non-hydrogen) atoms. The Balaban J connectivity index is 2.12. The van der Waals surface area contributed by atoms with E-state index in [9.17, 15) is 5.11 Å². The van der Waals surface area contributed by atoms with Crippen LogP contribution in [0.15, 0.2) is 43.0 Å². The minimum Gasteiger partial charge on any atom is -0.390 e. The molecule has 74 valence electrons. The molecular formula is C12H14O2. The minimum absolute atomic E-state index is 0.00852. The Bertz CT molecular complexity index is 307. The molecule has 1 aromatic carbocycles. The van der Waals surface area contributed by atoms with Crippen molar-refractivity contribution in [2.75, 3.05) is 0 Å². The van der Waals surface area contributed by atoms with E-state index in [0.717, 1.165) is 5.56 Å². The van der Waals surface area contributed by atoms with E-state index in [-0.39, 0.29) is 12.2 Å². The summed E-state index contributed by atoms with van der Waals surface area (Å²) >= 11 is 0. The van der Waals surface area contributed by atoms with Gasteiger partial charge < -0.3 is 9.84 Å². The van der Waals surface area contributed by atoms with Crippen LogP contribution in [-0.2, 0) is 4.74 Å². The zero-order valence-corrected chi connectivity index (χ0v) is 7.97. The van der Waals surface area contributed by atoms with Gasteiger partial charge in [0, 0.05) is 6.42 Å². The van der Waals surface area contributed by atoms with E-state index in [4.69, 9.17) is 4.74 Å². The molecule has 1 heterocycles. The predicted octanol–water partition coefficient (Wildman–Crippen LogP) is 2.06. The molecule has 1 fully saturated rings. The van der Waals surface area contributed by atoms with Crippen molar-refractivity contribution < 1.29 is 9.84 Å². The molecule has 1 aliphatic heterocycles. The Morgan fingerprint density at radius 1 is 1.36 bits per heavy atom. The van der Waals surface area contributed by atoms with Crippen LogP contribution >= 0.6 is 0 Å². The first-order valence-corrected chi connectivity index (χ1v) is 4.82. The van der Waals surface area contributed by atoms with Crippen LogP contribution in [0.1, 0.15) is 18.1 Å².